The van der Waals surface area contributed by atoms with Crippen LogP contribution < -0.4 is 9.64 Å². The molecule has 0 spiro atoms. The Bertz CT molecular complexity index is 1500. The molecule has 1 aliphatic heterocycles. The highest BCUT2D eigenvalue weighted by atomic mass is 35.5. The third-order valence-electron chi connectivity index (χ3n) is 5.96. The number of carbonyl (C=O) groups is 2. The number of aryl methyl sites for hydroxylation is 1. The monoisotopic (exact) mass is 489 g/mol. The van der Waals surface area contributed by atoms with E-state index in [0.717, 1.165) is 5.56 Å². The molecule has 2 N–H and O–H groups in total. The van der Waals surface area contributed by atoms with Gasteiger partial charge < -0.3 is 19.4 Å². The maximum atomic E-state index is 13.7. The molecule has 3 aromatic carbocycles. The van der Waals surface area contributed by atoms with E-state index in [4.69, 9.17) is 20.8 Å². The number of carbonyl (C=O) groups excluding carboxylic acids is 2. The van der Waals surface area contributed by atoms with Gasteiger partial charge in [-0.15, -0.1) is 0 Å². The minimum Gasteiger partial charge on any atom is -0.508 e. The lowest BCUT2D eigenvalue weighted by Crippen LogP contribution is -2.31. The minimum absolute atomic E-state index is 0.0299. The van der Waals surface area contributed by atoms with Crippen molar-refractivity contribution in [2.75, 3.05) is 12.0 Å². The van der Waals surface area contributed by atoms with Gasteiger partial charge in [-0.2, -0.15) is 0 Å². The highest BCUT2D eigenvalue weighted by Crippen LogP contribution is 2.43. The van der Waals surface area contributed by atoms with E-state index in [1.165, 1.54) is 30.2 Å². The van der Waals surface area contributed by atoms with Crippen LogP contribution in [0.4, 0.5) is 5.69 Å². The maximum absolute atomic E-state index is 13.7. The summed E-state index contributed by atoms with van der Waals surface area (Å²) < 4.78 is 11.1. The molecule has 7 nitrogen and oxygen atoms in total. The van der Waals surface area contributed by atoms with Crippen LogP contribution in [0.1, 0.15) is 27.7 Å². The number of aliphatic hydroxyl groups excluding tert-OH is 1. The lowest BCUT2D eigenvalue weighted by molar-refractivity contribution is -0.117. The summed E-state index contributed by atoms with van der Waals surface area (Å²) in [5.74, 6) is -1.74. The van der Waals surface area contributed by atoms with Gasteiger partial charge in [-0.3, -0.25) is 14.5 Å². The van der Waals surface area contributed by atoms with Crippen molar-refractivity contribution < 1.29 is 29.0 Å². The first-order valence-electron chi connectivity index (χ1n) is 10.7. The molecular formula is C27H20ClNO6. The van der Waals surface area contributed by atoms with Crippen LogP contribution in [0.3, 0.4) is 0 Å². The Hall–Kier alpha value is -4.23. The quantitative estimate of drug-likeness (QED) is 0.339. The number of hydrogen-bond acceptors (Lipinski definition) is 6. The predicted octanol–water partition coefficient (Wildman–Crippen LogP) is 5.89. The Kier molecular flexibility index (Phi) is 5.49. The van der Waals surface area contributed by atoms with Gasteiger partial charge >= 0.3 is 0 Å². The number of Topliss-reactive ketones (excluding diaryl/α,β-unsaturated/α-hetero) is 1. The molecule has 35 heavy (non-hydrogen) atoms. The van der Waals surface area contributed by atoms with E-state index in [1.807, 2.05) is 19.1 Å². The summed E-state index contributed by atoms with van der Waals surface area (Å²) in [4.78, 5) is 28.3. The number of furan rings is 1. The van der Waals surface area contributed by atoms with Crippen LogP contribution in [0.25, 0.3) is 11.0 Å². The Balaban J connectivity index is 1.66. The fraction of sp³-hybridized carbons (Fsp3) is 0.111. The van der Waals surface area contributed by atoms with Gasteiger partial charge in [-0.25, -0.2) is 0 Å². The van der Waals surface area contributed by atoms with Crippen molar-refractivity contribution in [2.24, 2.45) is 0 Å². The van der Waals surface area contributed by atoms with Gasteiger partial charge in [-0.1, -0.05) is 41.4 Å². The van der Waals surface area contributed by atoms with Crippen molar-refractivity contribution in [3.8, 4) is 11.5 Å². The third kappa shape index (κ3) is 3.80. The Morgan fingerprint density at radius 3 is 2.37 bits per heavy atom. The number of hydrogen-bond donors (Lipinski definition) is 2. The number of ketones is 1. The van der Waals surface area contributed by atoms with Crippen LogP contribution in [0.15, 0.2) is 82.5 Å². The molecule has 0 radical (unpaired) electrons. The van der Waals surface area contributed by atoms with Crippen molar-refractivity contribution in [3.63, 3.8) is 0 Å². The van der Waals surface area contributed by atoms with Gasteiger partial charge in [0, 0.05) is 22.2 Å². The Morgan fingerprint density at radius 2 is 1.71 bits per heavy atom. The number of nitrogens with zero attached hydrogens (tertiary/aromatic N) is 1. The molecule has 0 bridgehead atoms. The molecule has 2 heterocycles. The SMILES string of the molecule is COc1cc(Cl)cc2cc(C(=O)C3=C(O)C(=O)N(c4ccc(C)cc4)C3c3ccc(O)cc3)oc12. The summed E-state index contributed by atoms with van der Waals surface area (Å²) in [6.07, 6.45) is 0. The van der Waals surface area contributed by atoms with Crippen molar-refractivity contribution in [1.29, 1.82) is 0 Å². The molecule has 1 atom stereocenters. The molecule has 1 unspecified atom stereocenters. The van der Waals surface area contributed by atoms with Crippen molar-refractivity contribution in [1.82, 2.24) is 0 Å². The zero-order chi connectivity index (χ0) is 24.9. The van der Waals surface area contributed by atoms with Crippen molar-refractivity contribution in [3.05, 3.63) is 100.0 Å². The van der Waals surface area contributed by atoms with E-state index in [2.05, 4.69) is 0 Å². The summed E-state index contributed by atoms with van der Waals surface area (Å²) in [6.45, 7) is 1.92. The fourth-order valence-corrected chi connectivity index (χ4v) is 4.48. The number of ether oxygens (including phenoxy) is 1. The molecule has 0 saturated carbocycles. The third-order valence-corrected chi connectivity index (χ3v) is 6.18. The summed E-state index contributed by atoms with van der Waals surface area (Å²) >= 11 is 6.15. The van der Waals surface area contributed by atoms with Crippen LogP contribution in [0, 0.1) is 6.92 Å². The molecule has 0 saturated heterocycles. The number of aromatic hydroxyl groups is 1. The van der Waals surface area contributed by atoms with Crippen LogP contribution in [-0.2, 0) is 4.79 Å². The van der Waals surface area contributed by atoms with Crippen molar-refractivity contribution in [2.45, 2.75) is 13.0 Å². The number of halogens is 1. The topological polar surface area (TPSA) is 100 Å². The van der Waals surface area contributed by atoms with Gasteiger partial charge in [0.1, 0.15) is 5.75 Å². The minimum atomic E-state index is -0.947. The lowest BCUT2D eigenvalue weighted by atomic mass is 9.94. The lowest BCUT2D eigenvalue weighted by Gasteiger charge is -2.27. The molecule has 8 heteroatoms. The van der Waals surface area contributed by atoms with Crippen LogP contribution in [0.5, 0.6) is 11.5 Å². The summed E-state index contributed by atoms with van der Waals surface area (Å²) in [6, 6.07) is 17.0. The van der Waals surface area contributed by atoms with Gasteiger partial charge in [0.05, 0.1) is 18.7 Å². The molecule has 1 amide bonds. The summed E-state index contributed by atoms with van der Waals surface area (Å²) in [5.41, 5.74) is 2.21. The van der Waals surface area contributed by atoms with Gasteiger partial charge in [-0.05, 0) is 48.9 Å². The first-order chi connectivity index (χ1) is 16.8. The second kappa shape index (κ2) is 8.52. The van der Waals surface area contributed by atoms with Gasteiger partial charge in [0.2, 0.25) is 5.78 Å². The number of methoxy groups -OCH3 is 1. The Morgan fingerprint density at radius 1 is 1.03 bits per heavy atom. The highest BCUT2D eigenvalue weighted by Gasteiger charge is 2.45. The van der Waals surface area contributed by atoms with E-state index >= 15 is 0 Å². The number of anilines is 1. The zero-order valence-corrected chi connectivity index (χ0v) is 19.5. The number of phenols is 1. The number of phenolic OH excluding ortho intramolecular Hbond substituents is 1. The Labute approximate surface area is 205 Å². The van der Waals surface area contributed by atoms with Crippen LogP contribution >= 0.6 is 11.6 Å². The number of fused-ring (bicyclic) bond motifs is 1. The molecule has 1 aromatic heterocycles. The highest BCUT2D eigenvalue weighted by molar-refractivity contribution is 6.31. The first-order valence-corrected chi connectivity index (χ1v) is 11.1. The molecule has 0 aliphatic carbocycles. The van der Waals surface area contributed by atoms with Gasteiger partial charge in [0.15, 0.2) is 22.9 Å². The van der Waals surface area contributed by atoms with E-state index in [-0.39, 0.29) is 17.1 Å². The zero-order valence-electron chi connectivity index (χ0n) is 18.8. The molecule has 1 aliphatic rings. The molecule has 0 fully saturated rings. The molecule has 176 valence electrons. The number of rotatable bonds is 5. The largest absolute Gasteiger partial charge is 0.508 e. The smallest absolute Gasteiger partial charge is 0.294 e. The van der Waals surface area contributed by atoms with Crippen LogP contribution in [0.2, 0.25) is 5.02 Å². The average Bonchev–Trinajstić information content (AvgIpc) is 3.38. The second-order valence-corrected chi connectivity index (χ2v) is 8.67. The fourth-order valence-electron chi connectivity index (χ4n) is 4.26. The number of benzene rings is 3. The predicted molar refractivity (Wildman–Crippen MR) is 131 cm³/mol. The van der Waals surface area contributed by atoms with E-state index in [9.17, 15) is 19.8 Å². The second-order valence-electron chi connectivity index (χ2n) is 8.23. The summed E-state index contributed by atoms with van der Waals surface area (Å²) in [7, 11) is 1.46. The standard InChI is InChI=1S/C27H20ClNO6/c1-14-3-7-18(8-4-14)29-23(15-5-9-19(30)10-6-15)22(25(32)27(29)33)24(31)20-12-16-11-17(28)13-21(34-2)26(16)35-20/h3-13,23,30,32H,1-2H3. The van der Waals surface area contributed by atoms with E-state index in [1.54, 1.807) is 36.4 Å². The molecule has 5 rings (SSSR count). The van der Waals surface area contributed by atoms with E-state index < -0.39 is 23.5 Å². The van der Waals surface area contributed by atoms with E-state index in [0.29, 0.717) is 33.0 Å². The maximum Gasteiger partial charge on any atom is 0.294 e. The van der Waals surface area contributed by atoms with Crippen molar-refractivity contribution >= 4 is 39.9 Å². The molecular weight excluding hydrogens is 470 g/mol. The van der Waals surface area contributed by atoms with Gasteiger partial charge in [0.25, 0.3) is 5.91 Å². The normalized spacial score (nSPS) is 15.8. The number of aliphatic hydroxyl groups is 1. The average molecular weight is 490 g/mol. The number of amides is 1. The van der Waals surface area contributed by atoms with Crippen LogP contribution in [-0.4, -0.2) is 29.0 Å². The first kappa shape index (κ1) is 22.6. The summed E-state index contributed by atoms with van der Waals surface area (Å²) in [5, 5.41) is 21.6. The molecule has 4 aromatic rings.